The number of hydrogen-bond donors (Lipinski definition) is 1. The lowest BCUT2D eigenvalue weighted by Gasteiger charge is -2.11. The van der Waals surface area contributed by atoms with Gasteiger partial charge in [0.05, 0.1) is 12.7 Å². The fourth-order valence-electron chi connectivity index (χ4n) is 3.62. The summed E-state index contributed by atoms with van der Waals surface area (Å²) in [5, 5.41) is 12.7. The Morgan fingerprint density at radius 2 is 1.94 bits per heavy atom. The van der Waals surface area contributed by atoms with Gasteiger partial charge in [-0.3, -0.25) is 4.79 Å². The van der Waals surface area contributed by atoms with Crippen LogP contribution in [0.25, 0.3) is 17.4 Å². The molecule has 1 aliphatic carbocycles. The highest BCUT2D eigenvalue weighted by molar-refractivity contribution is 7.17. The molecule has 1 N–H and O–H groups in total. The minimum Gasteiger partial charge on any atom is -0.465 e. The second-order valence-electron chi connectivity index (χ2n) is 7.10. The third-order valence-electron chi connectivity index (χ3n) is 5.12. The van der Waals surface area contributed by atoms with Crippen molar-refractivity contribution in [3.63, 3.8) is 0 Å². The first-order chi connectivity index (χ1) is 15.1. The topological polar surface area (TPSA) is 92.3 Å². The van der Waals surface area contributed by atoms with E-state index in [0.29, 0.717) is 22.1 Å². The van der Waals surface area contributed by atoms with E-state index >= 15 is 0 Å². The van der Waals surface area contributed by atoms with Crippen LogP contribution < -0.4 is 5.32 Å². The fourth-order valence-corrected chi connectivity index (χ4v) is 4.89. The molecule has 7 heteroatoms. The number of fused-ring (bicyclic) bond motifs is 1. The van der Waals surface area contributed by atoms with Gasteiger partial charge in [0, 0.05) is 16.5 Å². The quantitative estimate of drug-likeness (QED) is 0.339. The molecular weight excluding hydrogens is 412 g/mol. The summed E-state index contributed by atoms with van der Waals surface area (Å²) in [6.07, 6.45) is 5.09. The number of carbonyl (C=O) groups is 2. The lowest BCUT2D eigenvalue weighted by atomic mass is 9.95. The van der Waals surface area contributed by atoms with Gasteiger partial charge >= 0.3 is 5.97 Å². The number of rotatable bonds is 5. The highest BCUT2D eigenvalue weighted by Crippen LogP contribution is 2.38. The Morgan fingerprint density at radius 3 is 2.68 bits per heavy atom. The van der Waals surface area contributed by atoms with Crippen LogP contribution in [0.4, 0.5) is 5.00 Å². The number of methoxy groups -OCH3 is 1. The maximum atomic E-state index is 12.8. The van der Waals surface area contributed by atoms with Crippen molar-refractivity contribution in [3.05, 3.63) is 69.8 Å². The molecule has 1 aromatic carbocycles. The van der Waals surface area contributed by atoms with Crippen LogP contribution in [-0.4, -0.2) is 19.0 Å². The van der Waals surface area contributed by atoms with Gasteiger partial charge in [0.25, 0.3) is 5.91 Å². The standard InChI is InChI=1S/C24H20N2O4S/c1-29-24(28)21-18-9-5-6-10-20(18)31-23(21)26-22(27)16(14-25)13-17-11-12-19(30-17)15-7-3-2-4-8-15/h2-4,7-8,11-13H,5-6,9-10H2,1H3,(H,26,27)/b16-13+. The third-order valence-corrected chi connectivity index (χ3v) is 6.33. The van der Waals surface area contributed by atoms with Crippen LogP contribution in [0.5, 0.6) is 0 Å². The van der Waals surface area contributed by atoms with E-state index in [0.717, 1.165) is 41.7 Å². The lowest BCUT2D eigenvalue weighted by molar-refractivity contribution is -0.112. The number of thiophene rings is 1. The molecule has 2 aromatic heterocycles. The Hall–Kier alpha value is -3.63. The highest BCUT2D eigenvalue weighted by Gasteiger charge is 2.27. The number of amides is 1. The summed E-state index contributed by atoms with van der Waals surface area (Å²) in [6.45, 7) is 0. The van der Waals surface area contributed by atoms with Crippen molar-refractivity contribution in [2.45, 2.75) is 25.7 Å². The van der Waals surface area contributed by atoms with Gasteiger partial charge in [0.2, 0.25) is 0 Å². The van der Waals surface area contributed by atoms with Crippen molar-refractivity contribution in [1.29, 1.82) is 5.26 Å². The molecule has 3 aromatic rings. The number of furan rings is 1. The van der Waals surface area contributed by atoms with Crippen LogP contribution in [0.1, 0.15) is 39.4 Å². The van der Waals surface area contributed by atoms with Crippen LogP contribution in [0.3, 0.4) is 0 Å². The van der Waals surface area contributed by atoms with E-state index in [1.54, 1.807) is 12.1 Å². The molecular formula is C24H20N2O4S. The second-order valence-corrected chi connectivity index (χ2v) is 8.20. The third kappa shape index (κ3) is 4.30. The number of benzene rings is 1. The van der Waals surface area contributed by atoms with Gasteiger partial charge in [-0.2, -0.15) is 5.26 Å². The predicted octanol–water partition coefficient (Wildman–Crippen LogP) is 5.22. The van der Waals surface area contributed by atoms with Gasteiger partial charge in [-0.15, -0.1) is 11.3 Å². The Morgan fingerprint density at radius 1 is 1.16 bits per heavy atom. The first kappa shape index (κ1) is 20.6. The van der Waals surface area contributed by atoms with Gasteiger partial charge in [-0.1, -0.05) is 30.3 Å². The highest BCUT2D eigenvalue weighted by atomic mass is 32.1. The van der Waals surface area contributed by atoms with Gasteiger partial charge in [-0.05, 0) is 43.4 Å². The fraction of sp³-hybridized carbons (Fsp3) is 0.208. The molecule has 156 valence electrons. The molecule has 0 saturated carbocycles. The minimum atomic E-state index is -0.594. The van der Waals surface area contributed by atoms with Crippen molar-refractivity contribution in [3.8, 4) is 17.4 Å². The summed E-state index contributed by atoms with van der Waals surface area (Å²) in [4.78, 5) is 26.3. The number of aryl methyl sites for hydroxylation is 1. The average Bonchev–Trinajstić information content (AvgIpc) is 3.41. The molecule has 0 fully saturated rings. The van der Waals surface area contributed by atoms with Crippen LogP contribution in [0.2, 0.25) is 0 Å². The SMILES string of the molecule is COC(=O)c1c(NC(=O)/C(C#N)=C/c2ccc(-c3ccccc3)o2)sc2c1CCCC2. The summed E-state index contributed by atoms with van der Waals surface area (Å²) in [6, 6.07) is 15.0. The zero-order valence-electron chi connectivity index (χ0n) is 16.9. The molecule has 0 spiro atoms. The number of anilines is 1. The average molecular weight is 433 g/mol. The minimum absolute atomic E-state index is 0.115. The van der Waals surface area contributed by atoms with E-state index in [2.05, 4.69) is 5.32 Å². The summed E-state index contributed by atoms with van der Waals surface area (Å²) in [5.41, 5.74) is 2.13. The van der Waals surface area contributed by atoms with Gasteiger partial charge in [0.1, 0.15) is 28.2 Å². The molecule has 4 rings (SSSR count). The van der Waals surface area contributed by atoms with Crippen molar-refractivity contribution in [2.24, 2.45) is 0 Å². The predicted molar refractivity (Wildman–Crippen MR) is 119 cm³/mol. The largest absolute Gasteiger partial charge is 0.465 e. The summed E-state index contributed by atoms with van der Waals surface area (Å²) in [7, 11) is 1.32. The molecule has 0 saturated heterocycles. The number of carbonyl (C=O) groups excluding carboxylic acids is 2. The van der Waals surface area contributed by atoms with Crippen LogP contribution in [0.15, 0.2) is 52.5 Å². The van der Waals surface area contributed by atoms with E-state index < -0.39 is 11.9 Å². The molecule has 0 unspecified atom stereocenters. The number of hydrogen-bond acceptors (Lipinski definition) is 6. The second kappa shape index (κ2) is 9.02. The molecule has 0 aliphatic heterocycles. The molecule has 0 radical (unpaired) electrons. The molecule has 31 heavy (non-hydrogen) atoms. The molecule has 6 nitrogen and oxygen atoms in total. The Labute approximate surface area is 183 Å². The van der Waals surface area contributed by atoms with Crippen LogP contribution in [0, 0.1) is 11.3 Å². The zero-order chi connectivity index (χ0) is 21.8. The number of nitrogens with one attached hydrogen (secondary N) is 1. The Bertz CT molecular complexity index is 1200. The number of nitriles is 1. The smallest absolute Gasteiger partial charge is 0.341 e. The molecule has 1 amide bonds. The molecule has 0 atom stereocenters. The van der Waals surface area contributed by atoms with Gasteiger partial charge < -0.3 is 14.5 Å². The summed E-state index contributed by atoms with van der Waals surface area (Å²) < 4.78 is 10.7. The number of nitrogens with zero attached hydrogens (tertiary/aromatic N) is 1. The van der Waals surface area contributed by atoms with E-state index in [1.165, 1.54) is 24.5 Å². The first-order valence-corrected chi connectivity index (χ1v) is 10.7. The van der Waals surface area contributed by atoms with E-state index in [9.17, 15) is 14.9 Å². The summed E-state index contributed by atoms with van der Waals surface area (Å²) in [5.74, 6) is -0.0349. The van der Waals surface area contributed by atoms with Crippen LogP contribution >= 0.6 is 11.3 Å². The number of ether oxygens (including phenoxy) is 1. The van der Waals surface area contributed by atoms with Gasteiger partial charge in [0.15, 0.2) is 0 Å². The van der Waals surface area contributed by atoms with E-state index in [1.807, 2.05) is 36.4 Å². The maximum absolute atomic E-state index is 12.8. The Kier molecular flexibility index (Phi) is 6.01. The molecule has 0 bridgehead atoms. The summed E-state index contributed by atoms with van der Waals surface area (Å²) >= 11 is 1.38. The number of esters is 1. The van der Waals surface area contributed by atoms with Crippen LogP contribution in [-0.2, 0) is 22.4 Å². The van der Waals surface area contributed by atoms with E-state index in [-0.39, 0.29) is 5.57 Å². The zero-order valence-corrected chi connectivity index (χ0v) is 17.8. The van der Waals surface area contributed by atoms with Crippen molar-refractivity contribution >= 4 is 34.3 Å². The van der Waals surface area contributed by atoms with Gasteiger partial charge in [-0.25, -0.2) is 4.79 Å². The van der Waals surface area contributed by atoms with Crippen molar-refractivity contribution < 1.29 is 18.7 Å². The monoisotopic (exact) mass is 432 g/mol. The molecule has 2 heterocycles. The maximum Gasteiger partial charge on any atom is 0.341 e. The Balaban J connectivity index is 1.59. The van der Waals surface area contributed by atoms with Crippen molar-refractivity contribution in [1.82, 2.24) is 0 Å². The van der Waals surface area contributed by atoms with E-state index in [4.69, 9.17) is 9.15 Å². The molecule has 1 aliphatic rings. The first-order valence-electron chi connectivity index (χ1n) is 9.92. The van der Waals surface area contributed by atoms with Crippen molar-refractivity contribution in [2.75, 3.05) is 12.4 Å². The normalized spacial score (nSPS) is 13.2. The lowest BCUT2D eigenvalue weighted by Crippen LogP contribution is -2.16.